The smallest absolute Gasteiger partial charge is 0.232 e. The van der Waals surface area contributed by atoms with Crippen molar-refractivity contribution in [3.05, 3.63) is 29.8 Å². The van der Waals surface area contributed by atoms with Crippen LogP contribution in [0, 0.1) is 5.92 Å². The summed E-state index contributed by atoms with van der Waals surface area (Å²) in [5.41, 5.74) is 1.95. The first-order valence-electron chi connectivity index (χ1n) is 8.02. The highest BCUT2D eigenvalue weighted by Gasteiger charge is 2.33. The van der Waals surface area contributed by atoms with E-state index in [1.165, 1.54) is 0 Å². The molecule has 0 bridgehead atoms. The van der Waals surface area contributed by atoms with Gasteiger partial charge in [-0.15, -0.1) is 0 Å². The summed E-state index contributed by atoms with van der Waals surface area (Å²) in [4.78, 5) is 16.2. The van der Waals surface area contributed by atoms with Crippen LogP contribution in [0.5, 0.6) is 0 Å². The zero-order chi connectivity index (χ0) is 17.2. The first-order chi connectivity index (χ1) is 11.4. The topological polar surface area (TPSA) is 66.9 Å². The fraction of sp³-hybridized carbons (Fsp3) is 0.562. The van der Waals surface area contributed by atoms with Gasteiger partial charge >= 0.3 is 0 Å². The van der Waals surface area contributed by atoms with E-state index in [2.05, 4.69) is 4.90 Å². The van der Waals surface area contributed by atoms with Crippen LogP contribution in [0.4, 0.5) is 5.69 Å². The van der Waals surface area contributed by atoms with E-state index in [0.29, 0.717) is 6.54 Å². The molecule has 132 valence electrons. The number of halogens is 1. The number of nitrogens with zero attached hydrogens (tertiary/aromatic N) is 2. The predicted octanol–water partition coefficient (Wildman–Crippen LogP) is 1.44. The van der Waals surface area contributed by atoms with Crippen molar-refractivity contribution in [3.8, 4) is 0 Å². The van der Waals surface area contributed by atoms with Crippen molar-refractivity contribution in [2.45, 2.75) is 13.0 Å². The Balaban J connectivity index is 1.68. The Labute approximate surface area is 146 Å². The summed E-state index contributed by atoms with van der Waals surface area (Å²) in [6, 6.07) is 7.87. The van der Waals surface area contributed by atoms with Gasteiger partial charge in [-0.1, -0.05) is 12.1 Å². The van der Waals surface area contributed by atoms with Gasteiger partial charge in [-0.25, -0.2) is 8.42 Å². The lowest BCUT2D eigenvalue weighted by Crippen LogP contribution is -2.35. The number of hydrogen-bond donors (Lipinski definition) is 0. The quantitative estimate of drug-likeness (QED) is 0.732. The van der Waals surface area contributed by atoms with E-state index >= 15 is 0 Å². The molecule has 0 saturated carbocycles. The van der Waals surface area contributed by atoms with E-state index in [-0.39, 0.29) is 24.0 Å². The van der Waals surface area contributed by atoms with E-state index in [0.717, 1.165) is 44.1 Å². The molecule has 8 heteroatoms. The molecular weight excluding hydrogens is 352 g/mol. The third kappa shape index (κ3) is 4.69. The Morgan fingerprint density at radius 1 is 1.25 bits per heavy atom. The largest absolute Gasteiger partial charge is 0.379 e. The molecular formula is C16H21ClN2O4S. The average Bonchev–Trinajstić information content (AvgIpc) is 2.87. The zero-order valence-electron chi connectivity index (χ0n) is 13.4. The van der Waals surface area contributed by atoms with Crippen LogP contribution in [0.1, 0.15) is 12.0 Å². The summed E-state index contributed by atoms with van der Waals surface area (Å²) in [6.45, 7) is 4.52. The molecule has 2 heterocycles. The van der Waals surface area contributed by atoms with Crippen molar-refractivity contribution in [2.24, 2.45) is 5.92 Å². The molecule has 3 rings (SSSR count). The zero-order valence-corrected chi connectivity index (χ0v) is 14.9. The van der Waals surface area contributed by atoms with E-state index in [1.54, 1.807) is 4.90 Å². The second kappa shape index (κ2) is 7.39. The summed E-state index contributed by atoms with van der Waals surface area (Å²) >= 11 is 0. The van der Waals surface area contributed by atoms with Crippen LogP contribution in [0.25, 0.3) is 0 Å². The molecule has 0 N–H and O–H groups in total. The van der Waals surface area contributed by atoms with Crippen LogP contribution in [0.15, 0.2) is 24.3 Å². The molecule has 0 radical (unpaired) electrons. The van der Waals surface area contributed by atoms with Gasteiger partial charge in [-0.3, -0.25) is 9.69 Å². The molecule has 0 spiro atoms. The Morgan fingerprint density at radius 3 is 2.71 bits per heavy atom. The van der Waals surface area contributed by atoms with Gasteiger partial charge < -0.3 is 9.64 Å². The number of carbonyl (C=O) groups is 1. The van der Waals surface area contributed by atoms with Crippen LogP contribution >= 0.6 is 10.7 Å². The number of amides is 1. The van der Waals surface area contributed by atoms with Gasteiger partial charge in [0.05, 0.1) is 19.0 Å². The van der Waals surface area contributed by atoms with Gasteiger partial charge in [-0.05, 0) is 17.7 Å². The maximum absolute atomic E-state index is 12.2. The highest BCUT2D eigenvalue weighted by Crippen LogP contribution is 2.27. The molecule has 6 nitrogen and oxygen atoms in total. The summed E-state index contributed by atoms with van der Waals surface area (Å²) in [7, 11) is 1.73. The highest BCUT2D eigenvalue weighted by molar-refractivity contribution is 8.13. The molecule has 2 aliphatic rings. The fourth-order valence-electron chi connectivity index (χ4n) is 3.26. The van der Waals surface area contributed by atoms with Crippen molar-refractivity contribution in [1.82, 2.24) is 4.90 Å². The average molecular weight is 373 g/mol. The first kappa shape index (κ1) is 17.7. The first-order valence-corrected chi connectivity index (χ1v) is 10.5. The van der Waals surface area contributed by atoms with E-state index in [1.807, 2.05) is 24.3 Å². The van der Waals surface area contributed by atoms with Crippen LogP contribution in [-0.4, -0.2) is 57.8 Å². The third-order valence-electron chi connectivity index (χ3n) is 4.37. The molecule has 2 aliphatic heterocycles. The van der Waals surface area contributed by atoms with Crippen LogP contribution in [-0.2, 0) is 25.1 Å². The summed E-state index contributed by atoms with van der Waals surface area (Å²) in [5, 5.41) is 0. The molecule has 1 amide bonds. The van der Waals surface area contributed by atoms with Gasteiger partial charge in [0.25, 0.3) is 0 Å². The Kier molecular flexibility index (Phi) is 5.44. The minimum Gasteiger partial charge on any atom is -0.379 e. The molecule has 1 atom stereocenters. The lowest BCUT2D eigenvalue weighted by Gasteiger charge is -2.27. The molecule has 1 aromatic carbocycles. The summed E-state index contributed by atoms with van der Waals surface area (Å²) in [5.74, 6) is -0.462. The van der Waals surface area contributed by atoms with Crippen LogP contribution in [0.2, 0.25) is 0 Å². The van der Waals surface area contributed by atoms with Crippen molar-refractivity contribution in [2.75, 3.05) is 43.5 Å². The molecule has 2 fully saturated rings. The SMILES string of the molecule is O=C1CC(CS(=O)(=O)Cl)CN1c1cccc(CN2CCOCC2)c1. The van der Waals surface area contributed by atoms with E-state index in [4.69, 9.17) is 15.4 Å². The third-order valence-corrected chi connectivity index (χ3v) is 5.62. The van der Waals surface area contributed by atoms with Gasteiger partial charge in [-0.2, -0.15) is 0 Å². The summed E-state index contributed by atoms with van der Waals surface area (Å²) in [6.07, 6.45) is 0.222. The maximum atomic E-state index is 12.2. The van der Waals surface area contributed by atoms with Crippen molar-refractivity contribution in [3.63, 3.8) is 0 Å². The maximum Gasteiger partial charge on any atom is 0.232 e. The summed E-state index contributed by atoms with van der Waals surface area (Å²) < 4.78 is 27.8. The molecule has 1 aromatic rings. The predicted molar refractivity (Wildman–Crippen MR) is 92.6 cm³/mol. The minimum atomic E-state index is -3.59. The normalized spacial score (nSPS) is 23.0. The van der Waals surface area contributed by atoms with Crippen LogP contribution < -0.4 is 4.90 Å². The molecule has 0 aromatic heterocycles. The number of ether oxygens (including phenoxy) is 1. The number of morpholine rings is 1. The number of anilines is 1. The van der Waals surface area contributed by atoms with E-state index < -0.39 is 9.05 Å². The Bertz CT molecular complexity index is 704. The van der Waals surface area contributed by atoms with Gasteiger partial charge in [0.2, 0.25) is 15.0 Å². The van der Waals surface area contributed by atoms with Crippen molar-refractivity contribution in [1.29, 1.82) is 0 Å². The molecule has 0 aliphatic carbocycles. The highest BCUT2D eigenvalue weighted by atomic mass is 35.7. The Morgan fingerprint density at radius 2 is 2.00 bits per heavy atom. The number of rotatable bonds is 5. The molecule has 2 saturated heterocycles. The minimum absolute atomic E-state index is 0.0520. The Hall–Kier alpha value is -1.15. The van der Waals surface area contributed by atoms with Crippen LogP contribution in [0.3, 0.4) is 0 Å². The number of benzene rings is 1. The van der Waals surface area contributed by atoms with Crippen molar-refractivity contribution >= 4 is 31.3 Å². The van der Waals surface area contributed by atoms with E-state index in [9.17, 15) is 13.2 Å². The molecule has 24 heavy (non-hydrogen) atoms. The fourth-order valence-corrected chi connectivity index (χ4v) is 4.59. The van der Waals surface area contributed by atoms with Crippen molar-refractivity contribution < 1.29 is 17.9 Å². The second-order valence-corrected chi connectivity index (χ2v) is 9.16. The van der Waals surface area contributed by atoms with Gasteiger partial charge in [0, 0.05) is 54.9 Å². The standard InChI is InChI=1S/C16H21ClN2O4S/c17-24(21,22)12-14-9-16(20)19(11-14)15-3-1-2-13(8-15)10-18-4-6-23-7-5-18/h1-3,8,14H,4-7,9-12H2. The van der Waals surface area contributed by atoms with Gasteiger partial charge in [0.1, 0.15) is 0 Å². The second-order valence-electron chi connectivity index (χ2n) is 6.34. The lowest BCUT2D eigenvalue weighted by atomic mass is 10.1. The van der Waals surface area contributed by atoms with Gasteiger partial charge in [0.15, 0.2) is 0 Å². The monoisotopic (exact) mass is 372 g/mol. The number of carbonyl (C=O) groups excluding carboxylic acids is 1. The lowest BCUT2D eigenvalue weighted by molar-refractivity contribution is -0.117. The molecule has 1 unspecified atom stereocenters. The number of hydrogen-bond acceptors (Lipinski definition) is 5.